The molecule has 3 heterocycles. The first-order valence-electron chi connectivity index (χ1n) is 10.3. The van der Waals surface area contributed by atoms with Gasteiger partial charge in [0, 0.05) is 22.1 Å². The number of hydrogen-bond donors (Lipinski definition) is 1. The van der Waals surface area contributed by atoms with Crippen LogP contribution in [0.4, 0.5) is 13.2 Å². The molecule has 0 spiro atoms. The lowest BCUT2D eigenvalue weighted by Crippen LogP contribution is -2.24. The lowest BCUT2D eigenvalue weighted by atomic mass is 9.82. The van der Waals surface area contributed by atoms with Crippen LogP contribution in [0.15, 0.2) is 72.3 Å². The number of aryl methyl sites for hydroxylation is 1. The van der Waals surface area contributed by atoms with Crippen molar-refractivity contribution in [3.63, 3.8) is 0 Å². The van der Waals surface area contributed by atoms with Crippen molar-refractivity contribution in [1.82, 2.24) is 4.57 Å². The second-order valence-electron chi connectivity index (χ2n) is 8.75. The molecule has 0 aliphatic carbocycles. The average Bonchev–Trinajstić information content (AvgIpc) is 2.98. The first-order chi connectivity index (χ1) is 15.9. The van der Waals surface area contributed by atoms with Gasteiger partial charge in [0.25, 0.3) is 5.56 Å². The zero-order valence-corrected chi connectivity index (χ0v) is 19.1. The largest absolute Gasteiger partial charge is 0.505 e. The molecule has 5 rings (SSSR count). The summed E-state index contributed by atoms with van der Waals surface area (Å²) in [5.41, 5.74) is -1.43. The molecule has 2 aromatic heterocycles. The number of halogens is 3. The van der Waals surface area contributed by atoms with Crippen LogP contribution in [0.25, 0.3) is 16.7 Å². The number of benzene rings is 2. The van der Waals surface area contributed by atoms with Crippen LogP contribution in [0.3, 0.4) is 0 Å². The van der Waals surface area contributed by atoms with Gasteiger partial charge in [-0.05, 0) is 42.8 Å². The molecule has 2 aromatic carbocycles. The van der Waals surface area contributed by atoms with E-state index < -0.39 is 34.1 Å². The minimum atomic E-state index is -4.54. The summed E-state index contributed by atoms with van der Waals surface area (Å²) in [5.74, 6) is -0.518. The van der Waals surface area contributed by atoms with Crippen molar-refractivity contribution in [2.75, 3.05) is 0 Å². The van der Waals surface area contributed by atoms with E-state index in [1.165, 1.54) is 16.7 Å². The predicted molar refractivity (Wildman–Crippen MR) is 122 cm³/mol. The molecule has 9 heteroatoms. The molecule has 0 fully saturated rings. The second-order valence-corrected chi connectivity index (χ2v) is 9.83. The third kappa shape index (κ3) is 3.26. The van der Waals surface area contributed by atoms with Gasteiger partial charge >= 0.3 is 11.8 Å². The standard InChI is InChI=1S/C25H18F3NO4S/c1-12-4-7-14(8-5-12)34-21-20(30)19-17(33-23(21)32)11-18-24(2,3)15-10-13(25(26,27)28)6-9-16(15)29(18)22(19)31/h4-11,30H,1-3H3. The molecule has 34 heavy (non-hydrogen) atoms. The Labute approximate surface area is 195 Å². The molecule has 1 aliphatic heterocycles. The van der Waals surface area contributed by atoms with Gasteiger partial charge in [-0.3, -0.25) is 9.36 Å². The highest BCUT2D eigenvalue weighted by Crippen LogP contribution is 2.45. The average molecular weight is 485 g/mol. The number of nitrogens with zero attached hydrogens (tertiary/aromatic N) is 1. The van der Waals surface area contributed by atoms with Gasteiger partial charge < -0.3 is 9.52 Å². The summed E-state index contributed by atoms with van der Waals surface area (Å²) in [6.07, 6.45) is -4.54. The lowest BCUT2D eigenvalue weighted by Gasteiger charge is -2.21. The zero-order valence-electron chi connectivity index (χ0n) is 18.3. The van der Waals surface area contributed by atoms with Crippen molar-refractivity contribution in [3.05, 3.63) is 91.7 Å². The summed E-state index contributed by atoms with van der Waals surface area (Å²) in [5, 5.41) is 10.7. The van der Waals surface area contributed by atoms with E-state index in [2.05, 4.69) is 0 Å². The van der Waals surface area contributed by atoms with Crippen molar-refractivity contribution in [2.45, 2.75) is 42.2 Å². The van der Waals surface area contributed by atoms with Crippen LogP contribution in [-0.4, -0.2) is 9.67 Å². The molecule has 174 valence electrons. The first kappa shape index (κ1) is 22.3. The normalized spacial score (nSPS) is 14.3. The summed E-state index contributed by atoms with van der Waals surface area (Å²) in [7, 11) is 0. The van der Waals surface area contributed by atoms with Gasteiger partial charge in [0.1, 0.15) is 15.9 Å². The molecule has 1 aliphatic rings. The Hall–Kier alpha value is -3.46. The van der Waals surface area contributed by atoms with Crippen molar-refractivity contribution in [2.24, 2.45) is 0 Å². The van der Waals surface area contributed by atoms with E-state index >= 15 is 0 Å². The molecule has 0 radical (unpaired) electrons. The van der Waals surface area contributed by atoms with Crippen LogP contribution in [-0.2, 0) is 11.6 Å². The van der Waals surface area contributed by atoms with Crippen LogP contribution >= 0.6 is 11.8 Å². The van der Waals surface area contributed by atoms with Gasteiger partial charge in [0.05, 0.1) is 11.3 Å². The van der Waals surface area contributed by atoms with Crippen molar-refractivity contribution in [3.8, 4) is 11.4 Å². The van der Waals surface area contributed by atoms with Crippen LogP contribution in [0.1, 0.15) is 36.2 Å². The van der Waals surface area contributed by atoms with Gasteiger partial charge in [-0.15, -0.1) is 0 Å². The third-order valence-corrected chi connectivity index (χ3v) is 7.20. The molecule has 0 unspecified atom stereocenters. The zero-order chi connectivity index (χ0) is 24.6. The molecular formula is C25H18F3NO4S. The Kier molecular flexibility index (Phi) is 4.77. The Morgan fingerprint density at radius 2 is 1.71 bits per heavy atom. The number of aromatic hydroxyl groups is 1. The maximum atomic E-state index is 13.5. The number of rotatable bonds is 2. The van der Waals surface area contributed by atoms with E-state index in [0.717, 1.165) is 29.5 Å². The fraction of sp³-hybridized carbons (Fsp3) is 0.200. The van der Waals surface area contributed by atoms with Crippen molar-refractivity contribution >= 4 is 22.7 Å². The Morgan fingerprint density at radius 3 is 2.35 bits per heavy atom. The second kappa shape index (κ2) is 7.27. The maximum Gasteiger partial charge on any atom is 0.416 e. The molecule has 5 nitrogen and oxygen atoms in total. The third-order valence-electron chi connectivity index (χ3n) is 6.13. The van der Waals surface area contributed by atoms with E-state index in [0.29, 0.717) is 21.8 Å². The highest BCUT2D eigenvalue weighted by Gasteiger charge is 2.41. The molecule has 1 N–H and O–H groups in total. The predicted octanol–water partition coefficient (Wildman–Crippen LogP) is 5.77. The quantitative estimate of drug-likeness (QED) is 0.391. The number of fused-ring (bicyclic) bond motifs is 4. The van der Waals surface area contributed by atoms with E-state index in [9.17, 15) is 27.9 Å². The highest BCUT2D eigenvalue weighted by atomic mass is 32.2. The summed E-state index contributed by atoms with van der Waals surface area (Å²) in [4.78, 5) is 26.8. The van der Waals surface area contributed by atoms with Crippen LogP contribution in [0.5, 0.6) is 5.75 Å². The molecule has 0 atom stereocenters. The van der Waals surface area contributed by atoms with Gasteiger partial charge in [-0.1, -0.05) is 43.3 Å². The Bertz CT molecular complexity index is 1600. The lowest BCUT2D eigenvalue weighted by molar-refractivity contribution is -0.137. The van der Waals surface area contributed by atoms with Crippen LogP contribution < -0.4 is 11.2 Å². The number of aromatic nitrogens is 1. The topological polar surface area (TPSA) is 72.4 Å². The number of alkyl halides is 3. The van der Waals surface area contributed by atoms with Crippen molar-refractivity contribution in [1.29, 1.82) is 0 Å². The van der Waals surface area contributed by atoms with Crippen molar-refractivity contribution < 1.29 is 22.7 Å². The minimum absolute atomic E-state index is 0.121. The SMILES string of the molecule is Cc1ccc(Sc2c(O)c3c(=O)n4c(cc3oc2=O)C(C)(C)c2cc(C(F)(F)F)ccc2-4)cc1. The van der Waals surface area contributed by atoms with Crippen LogP contribution in [0, 0.1) is 6.92 Å². The van der Waals surface area contributed by atoms with Crippen LogP contribution in [0.2, 0.25) is 0 Å². The maximum absolute atomic E-state index is 13.5. The summed E-state index contributed by atoms with van der Waals surface area (Å²) < 4.78 is 46.7. The molecule has 4 aromatic rings. The fourth-order valence-electron chi connectivity index (χ4n) is 4.30. The molecule has 0 amide bonds. The van der Waals surface area contributed by atoms with Gasteiger partial charge in [-0.2, -0.15) is 13.2 Å². The van der Waals surface area contributed by atoms with Gasteiger partial charge in [-0.25, -0.2) is 4.79 Å². The molecular weight excluding hydrogens is 467 g/mol. The Morgan fingerprint density at radius 1 is 1.03 bits per heavy atom. The van der Waals surface area contributed by atoms with E-state index in [1.807, 2.05) is 19.1 Å². The molecule has 0 bridgehead atoms. The fourth-order valence-corrected chi connectivity index (χ4v) is 5.13. The molecule has 0 saturated carbocycles. The Balaban J connectivity index is 1.76. The highest BCUT2D eigenvalue weighted by molar-refractivity contribution is 7.99. The van der Waals surface area contributed by atoms with E-state index in [1.54, 1.807) is 26.0 Å². The van der Waals surface area contributed by atoms with E-state index in [-0.39, 0.29) is 15.9 Å². The smallest absolute Gasteiger partial charge is 0.416 e. The first-order valence-corrected chi connectivity index (χ1v) is 11.1. The summed E-state index contributed by atoms with van der Waals surface area (Å²) in [6, 6.07) is 11.9. The number of hydrogen-bond acceptors (Lipinski definition) is 5. The van der Waals surface area contributed by atoms with Gasteiger partial charge in [0.15, 0.2) is 5.75 Å². The summed E-state index contributed by atoms with van der Waals surface area (Å²) >= 11 is 0.967. The van der Waals surface area contributed by atoms with E-state index in [4.69, 9.17) is 4.42 Å². The number of pyridine rings is 1. The monoisotopic (exact) mass is 485 g/mol. The summed E-state index contributed by atoms with van der Waals surface area (Å²) in [6.45, 7) is 5.29. The van der Waals surface area contributed by atoms with Gasteiger partial charge in [0.2, 0.25) is 0 Å². The molecule has 0 saturated heterocycles. The minimum Gasteiger partial charge on any atom is -0.505 e.